The summed E-state index contributed by atoms with van der Waals surface area (Å²) in [4.78, 5) is 4.65. The fourth-order valence-electron chi connectivity index (χ4n) is 1.59. The van der Waals surface area contributed by atoms with Gasteiger partial charge in [0.25, 0.3) is 10.0 Å². The Balaban J connectivity index is 2.37. The molecule has 0 aliphatic carbocycles. The van der Waals surface area contributed by atoms with Crippen molar-refractivity contribution in [2.24, 2.45) is 0 Å². The molecule has 2 rings (SSSR count). The molecule has 1 aromatic carbocycles. The first-order valence-corrected chi connectivity index (χ1v) is 8.73. The van der Waals surface area contributed by atoms with E-state index >= 15 is 0 Å². The van der Waals surface area contributed by atoms with E-state index in [0.717, 1.165) is 10.6 Å². The molecule has 1 heterocycles. The van der Waals surface area contributed by atoms with Gasteiger partial charge >= 0.3 is 0 Å². The van der Waals surface area contributed by atoms with Crippen molar-refractivity contribution in [2.45, 2.75) is 16.7 Å². The minimum atomic E-state index is -3.74. The molecular weight excluding hydrogens is 316 g/mol. The van der Waals surface area contributed by atoms with Crippen LogP contribution in [0.15, 0.2) is 52.5 Å². The second-order valence-corrected chi connectivity index (χ2v) is 7.20. The number of aromatic nitrogens is 1. The molecule has 4 nitrogen and oxygen atoms in total. The van der Waals surface area contributed by atoms with Gasteiger partial charge in [-0.05, 0) is 24.0 Å². The summed E-state index contributed by atoms with van der Waals surface area (Å²) in [5.41, 5.74) is 0.541. The van der Waals surface area contributed by atoms with Crippen LogP contribution < -0.4 is 4.72 Å². The Labute approximate surface area is 127 Å². The maximum Gasteiger partial charge on any atom is 0.264 e. The van der Waals surface area contributed by atoms with Gasteiger partial charge in [-0.2, -0.15) is 0 Å². The number of para-hydroxylation sites is 1. The number of halogens is 1. The summed E-state index contributed by atoms with van der Waals surface area (Å²) in [6.07, 6.45) is 2.68. The zero-order valence-corrected chi connectivity index (χ0v) is 13.1. The third kappa shape index (κ3) is 3.45. The van der Waals surface area contributed by atoms with Crippen LogP contribution in [0.2, 0.25) is 5.02 Å². The Kier molecular flexibility index (Phi) is 4.91. The van der Waals surface area contributed by atoms with Crippen molar-refractivity contribution in [1.82, 2.24) is 4.98 Å². The quantitative estimate of drug-likeness (QED) is 0.851. The summed E-state index contributed by atoms with van der Waals surface area (Å²) in [5.74, 6) is 0.854. The normalized spacial score (nSPS) is 11.3. The van der Waals surface area contributed by atoms with Gasteiger partial charge in [0.2, 0.25) is 0 Å². The lowest BCUT2D eigenvalue weighted by Gasteiger charge is -2.12. The van der Waals surface area contributed by atoms with Crippen LogP contribution >= 0.6 is 23.4 Å². The molecule has 0 aliphatic heterocycles. The van der Waals surface area contributed by atoms with E-state index in [1.807, 2.05) is 19.1 Å². The average Bonchev–Trinajstić information content (AvgIpc) is 2.41. The Morgan fingerprint density at radius 2 is 2.05 bits per heavy atom. The molecule has 1 aromatic heterocycles. The summed E-state index contributed by atoms with van der Waals surface area (Å²) in [6.45, 7) is 2.01. The van der Waals surface area contributed by atoms with Gasteiger partial charge in [-0.1, -0.05) is 30.7 Å². The molecule has 0 aliphatic rings. The fraction of sp³-hybridized carbons (Fsp3) is 0.154. The number of sulfonamides is 1. The predicted molar refractivity (Wildman–Crippen MR) is 82.9 cm³/mol. The molecule has 0 saturated heterocycles. The van der Waals surface area contributed by atoms with Gasteiger partial charge in [0.15, 0.2) is 0 Å². The Morgan fingerprint density at radius 3 is 2.75 bits per heavy atom. The molecule has 0 fully saturated rings. The summed E-state index contributed by atoms with van der Waals surface area (Å²) in [6, 6.07) is 8.69. The van der Waals surface area contributed by atoms with E-state index < -0.39 is 10.0 Å². The lowest BCUT2D eigenvalue weighted by atomic mass is 10.3. The van der Waals surface area contributed by atoms with Crippen LogP contribution in [-0.4, -0.2) is 19.2 Å². The Hall–Kier alpha value is -1.24. The van der Waals surface area contributed by atoms with E-state index in [1.54, 1.807) is 23.9 Å². The highest BCUT2D eigenvalue weighted by Crippen LogP contribution is 2.29. The first-order valence-electron chi connectivity index (χ1n) is 5.88. The van der Waals surface area contributed by atoms with Crippen LogP contribution in [0.3, 0.4) is 0 Å². The van der Waals surface area contributed by atoms with E-state index in [4.69, 9.17) is 11.6 Å². The van der Waals surface area contributed by atoms with E-state index in [9.17, 15) is 8.42 Å². The third-order valence-corrected chi connectivity index (χ3v) is 5.25. The summed E-state index contributed by atoms with van der Waals surface area (Å²) < 4.78 is 27.2. The molecule has 0 bridgehead atoms. The van der Waals surface area contributed by atoms with Crippen molar-refractivity contribution < 1.29 is 8.42 Å². The van der Waals surface area contributed by atoms with Crippen molar-refractivity contribution in [1.29, 1.82) is 0 Å². The lowest BCUT2D eigenvalue weighted by molar-refractivity contribution is 0.601. The average molecular weight is 329 g/mol. The topological polar surface area (TPSA) is 59.1 Å². The SMILES string of the molecule is CCSc1ccccc1NS(=O)(=O)c1cnccc1Cl. The zero-order chi connectivity index (χ0) is 14.6. The van der Waals surface area contributed by atoms with E-state index in [2.05, 4.69) is 9.71 Å². The molecule has 0 radical (unpaired) electrons. The summed E-state index contributed by atoms with van der Waals surface area (Å²) >= 11 is 7.48. The lowest BCUT2D eigenvalue weighted by Crippen LogP contribution is -2.14. The zero-order valence-electron chi connectivity index (χ0n) is 10.7. The monoisotopic (exact) mass is 328 g/mol. The van der Waals surface area contributed by atoms with Gasteiger partial charge in [0, 0.05) is 17.3 Å². The van der Waals surface area contributed by atoms with Crippen LogP contribution in [-0.2, 0) is 10.0 Å². The number of nitrogens with zero attached hydrogens (tertiary/aromatic N) is 1. The Bertz CT molecular complexity index is 705. The largest absolute Gasteiger partial charge is 0.278 e. The molecule has 0 atom stereocenters. The summed E-state index contributed by atoms with van der Waals surface area (Å²) in [5, 5.41) is 0.146. The predicted octanol–water partition coefficient (Wildman–Crippen LogP) is 3.65. The third-order valence-electron chi connectivity index (χ3n) is 2.45. The van der Waals surface area contributed by atoms with Gasteiger partial charge < -0.3 is 0 Å². The van der Waals surface area contributed by atoms with E-state index in [1.165, 1.54) is 18.5 Å². The first kappa shape index (κ1) is 15.2. The number of nitrogens with one attached hydrogen (secondary N) is 1. The highest BCUT2D eigenvalue weighted by molar-refractivity contribution is 7.99. The molecule has 1 N–H and O–H groups in total. The number of anilines is 1. The number of pyridine rings is 1. The van der Waals surface area contributed by atoms with E-state index in [-0.39, 0.29) is 9.92 Å². The van der Waals surface area contributed by atoms with Gasteiger partial charge in [-0.3, -0.25) is 9.71 Å². The van der Waals surface area contributed by atoms with Crippen molar-refractivity contribution >= 4 is 39.1 Å². The van der Waals surface area contributed by atoms with Crippen LogP contribution in [0.1, 0.15) is 6.92 Å². The smallest absolute Gasteiger partial charge is 0.264 e. The molecular formula is C13H13ClN2O2S2. The number of thioether (sulfide) groups is 1. The highest BCUT2D eigenvalue weighted by Gasteiger charge is 2.19. The maximum absolute atomic E-state index is 12.3. The molecule has 0 spiro atoms. The first-order chi connectivity index (χ1) is 9.54. The molecule has 0 unspecified atom stereocenters. The molecule has 20 heavy (non-hydrogen) atoms. The van der Waals surface area contributed by atoms with Crippen LogP contribution in [0.5, 0.6) is 0 Å². The molecule has 0 saturated carbocycles. The van der Waals surface area contributed by atoms with Crippen molar-refractivity contribution in [3.63, 3.8) is 0 Å². The molecule has 7 heteroatoms. The highest BCUT2D eigenvalue weighted by atomic mass is 35.5. The number of benzene rings is 1. The summed E-state index contributed by atoms with van der Waals surface area (Å²) in [7, 11) is -3.74. The van der Waals surface area contributed by atoms with Gasteiger partial charge in [-0.25, -0.2) is 8.42 Å². The van der Waals surface area contributed by atoms with E-state index in [0.29, 0.717) is 5.69 Å². The minimum absolute atomic E-state index is 0.0297. The molecule has 2 aromatic rings. The standard InChI is InChI=1S/C13H13ClN2O2S2/c1-2-19-12-6-4-3-5-11(12)16-20(17,18)13-9-15-8-7-10(13)14/h3-9,16H,2H2,1H3. The van der Waals surface area contributed by atoms with Gasteiger partial charge in [0.1, 0.15) is 4.90 Å². The van der Waals surface area contributed by atoms with Crippen LogP contribution in [0.25, 0.3) is 0 Å². The van der Waals surface area contributed by atoms with Crippen LogP contribution in [0, 0.1) is 0 Å². The second kappa shape index (κ2) is 6.47. The van der Waals surface area contributed by atoms with Crippen molar-refractivity contribution in [3.8, 4) is 0 Å². The maximum atomic E-state index is 12.3. The van der Waals surface area contributed by atoms with Crippen molar-refractivity contribution in [2.75, 3.05) is 10.5 Å². The minimum Gasteiger partial charge on any atom is -0.278 e. The molecule has 0 amide bonds. The Morgan fingerprint density at radius 1 is 1.30 bits per heavy atom. The fourth-order valence-corrected chi connectivity index (χ4v) is 3.93. The van der Waals surface area contributed by atoms with Gasteiger partial charge in [-0.15, -0.1) is 11.8 Å². The molecule has 106 valence electrons. The van der Waals surface area contributed by atoms with Crippen LogP contribution in [0.4, 0.5) is 5.69 Å². The second-order valence-electron chi connectivity index (χ2n) is 3.84. The number of rotatable bonds is 5. The number of hydrogen-bond acceptors (Lipinski definition) is 4. The van der Waals surface area contributed by atoms with Crippen molar-refractivity contribution in [3.05, 3.63) is 47.7 Å². The number of hydrogen-bond donors (Lipinski definition) is 1. The van der Waals surface area contributed by atoms with Gasteiger partial charge in [0.05, 0.1) is 10.7 Å².